The molecule has 0 aromatic heterocycles. The van der Waals surface area contributed by atoms with Crippen LogP contribution in [0.4, 0.5) is 0 Å². The Labute approximate surface area is 192 Å². The second-order valence-electron chi connectivity index (χ2n) is 7.24. The maximum atomic E-state index is 13.4. The number of halogens is 2. The Kier molecular flexibility index (Phi) is 8.10. The van der Waals surface area contributed by atoms with E-state index >= 15 is 0 Å². The van der Waals surface area contributed by atoms with Crippen molar-refractivity contribution in [2.24, 2.45) is 0 Å². The van der Waals surface area contributed by atoms with E-state index < -0.39 is 6.04 Å². The predicted molar refractivity (Wildman–Crippen MR) is 125 cm³/mol. The van der Waals surface area contributed by atoms with Gasteiger partial charge in [-0.1, -0.05) is 83.9 Å². The monoisotopic (exact) mass is 454 g/mol. The van der Waals surface area contributed by atoms with E-state index in [-0.39, 0.29) is 24.8 Å². The molecule has 1 N–H and O–H groups in total. The molecule has 0 aliphatic carbocycles. The van der Waals surface area contributed by atoms with Gasteiger partial charge in [0.1, 0.15) is 6.04 Å². The first kappa shape index (κ1) is 22.9. The largest absolute Gasteiger partial charge is 0.357 e. The quantitative estimate of drug-likeness (QED) is 0.524. The highest BCUT2D eigenvalue weighted by Crippen LogP contribution is 2.20. The van der Waals surface area contributed by atoms with Crippen molar-refractivity contribution in [3.63, 3.8) is 0 Å². The minimum Gasteiger partial charge on any atom is -0.357 e. The molecular formula is C25H24Cl2N2O2. The number of hydrogen-bond acceptors (Lipinski definition) is 2. The van der Waals surface area contributed by atoms with Gasteiger partial charge in [-0.15, -0.1) is 0 Å². The zero-order valence-electron chi connectivity index (χ0n) is 17.2. The molecule has 0 heterocycles. The molecular weight excluding hydrogens is 431 g/mol. The van der Waals surface area contributed by atoms with Crippen molar-refractivity contribution in [2.45, 2.75) is 25.4 Å². The third kappa shape index (κ3) is 6.33. The van der Waals surface area contributed by atoms with E-state index in [0.29, 0.717) is 16.5 Å². The molecule has 0 saturated carbocycles. The van der Waals surface area contributed by atoms with Crippen molar-refractivity contribution in [3.05, 3.63) is 106 Å². The molecule has 0 bridgehead atoms. The summed E-state index contributed by atoms with van der Waals surface area (Å²) in [4.78, 5) is 27.9. The Balaban J connectivity index is 1.94. The van der Waals surface area contributed by atoms with E-state index in [1.807, 2.05) is 60.7 Å². The average molecular weight is 455 g/mol. The van der Waals surface area contributed by atoms with Crippen molar-refractivity contribution in [3.8, 4) is 0 Å². The van der Waals surface area contributed by atoms with Crippen molar-refractivity contribution in [1.82, 2.24) is 10.2 Å². The molecule has 1 atom stereocenters. The van der Waals surface area contributed by atoms with Gasteiger partial charge < -0.3 is 10.2 Å². The zero-order valence-corrected chi connectivity index (χ0v) is 18.7. The number of amides is 2. The molecule has 0 radical (unpaired) electrons. The van der Waals surface area contributed by atoms with E-state index in [1.165, 1.54) is 0 Å². The van der Waals surface area contributed by atoms with Crippen LogP contribution in [0, 0.1) is 0 Å². The van der Waals surface area contributed by atoms with Gasteiger partial charge in [0.05, 0.1) is 6.42 Å². The Morgan fingerprint density at radius 2 is 1.52 bits per heavy atom. The van der Waals surface area contributed by atoms with Crippen LogP contribution in [-0.4, -0.2) is 29.8 Å². The van der Waals surface area contributed by atoms with E-state index in [2.05, 4.69) is 5.32 Å². The Hall–Kier alpha value is -2.82. The molecule has 0 fully saturated rings. The van der Waals surface area contributed by atoms with Crippen LogP contribution in [0.5, 0.6) is 0 Å². The fourth-order valence-corrected chi connectivity index (χ4v) is 3.74. The number of nitrogens with zero attached hydrogens (tertiary/aromatic N) is 1. The minimum atomic E-state index is -0.668. The van der Waals surface area contributed by atoms with Gasteiger partial charge in [0.25, 0.3) is 0 Å². The van der Waals surface area contributed by atoms with Gasteiger partial charge in [0, 0.05) is 30.1 Å². The van der Waals surface area contributed by atoms with Crippen molar-refractivity contribution < 1.29 is 9.59 Å². The topological polar surface area (TPSA) is 49.4 Å². The van der Waals surface area contributed by atoms with E-state index in [4.69, 9.17) is 23.2 Å². The summed E-state index contributed by atoms with van der Waals surface area (Å²) in [6, 6.07) is 23.5. The molecule has 0 spiro atoms. The van der Waals surface area contributed by atoms with Crippen LogP contribution in [0.15, 0.2) is 78.9 Å². The molecule has 4 nitrogen and oxygen atoms in total. The lowest BCUT2D eigenvalue weighted by Crippen LogP contribution is -2.50. The molecule has 0 aliphatic rings. The highest BCUT2D eigenvalue weighted by Gasteiger charge is 2.30. The second-order valence-corrected chi connectivity index (χ2v) is 8.08. The van der Waals surface area contributed by atoms with Crippen LogP contribution in [-0.2, 0) is 29.0 Å². The van der Waals surface area contributed by atoms with Gasteiger partial charge in [-0.3, -0.25) is 9.59 Å². The third-order valence-corrected chi connectivity index (χ3v) is 5.70. The van der Waals surface area contributed by atoms with Gasteiger partial charge in [-0.2, -0.15) is 0 Å². The third-order valence-electron chi connectivity index (χ3n) is 5.08. The van der Waals surface area contributed by atoms with Crippen LogP contribution in [0.1, 0.15) is 16.7 Å². The average Bonchev–Trinajstić information content (AvgIpc) is 2.79. The van der Waals surface area contributed by atoms with Crippen molar-refractivity contribution >= 4 is 35.0 Å². The van der Waals surface area contributed by atoms with Crippen LogP contribution in [0.3, 0.4) is 0 Å². The second kappa shape index (κ2) is 11.0. The summed E-state index contributed by atoms with van der Waals surface area (Å²) >= 11 is 12.3. The first-order chi connectivity index (χ1) is 15.0. The van der Waals surface area contributed by atoms with E-state index in [9.17, 15) is 9.59 Å². The van der Waals surface area contributed by atoms with Gasteiger partial charge in [-0.05, 0) is 34.9 Å². The lowest BCUT2D eigenvalue weighted by molar-refractivity contribution is -0.140. The van der Waals surface area contributed by atoms with Crippen LogP contribution >= 0.6 is 23.2 Å². The smallest absolute Gasteiger partial charge is 0.242 e. The molecule has 3 aromatic carbocycles. The van der Waals surface area contributed by atoms with Gasteiger partial charge >= 0.3 is 0 Å². The van der Waals surface area contributed by atoms with Gasteiger partial charge in [0.2, 0.25) is 11.8 Å². The molecule has 3 aromatic rings. The Morgan fingerprint density at radius 1 is 0.871 bits per heavy atom. The number of rotatable bonds is 8. The minimum absolute atomic E-state index is 0.107. The molecule has 31 heavy (non-hydrogen) atoms. The van der Waals surface area contributed by atoms with E-state index in [0.717, 1.165) is 16.7 Å². The summed E-state index contributed by atoms with van der Waals surface area (Å²) in [7, 11) is 1.58. The number of carbonyl (C=O) groups excluding carboxylic acids is 2. The summed E-state index contributed by atoms with van der Waals surface area (Å²) in [5.74, 6) is -0.391. The number of hydrogen-bond donors (Lipinski definition) is 1. The van der Waals surface area contributed by atoms with Crippen LogP contribution < -0.4 is 5.32 Å². The standard InChI is InChI=1S/C25H24Cl2N2O2/c1-28-25(31)23(15-18-7-3-2-4-8-18)29(17-19-11-13-21(26)14-12-19)24(30)16-20-9-5-6-10-22(20)27/h2-14,23H,15-17H2,1H3,(H,28,31)/t23-/m1/s1. The summed E-state index contributed by atoms with van der Waals surface area (Å²) in [5, 5.41) is 3.86. The molecule has 160 valence electrons. The fraction of sp³-hybridized carbons (Fsp3) is 0.200. The first-order valence-electron chi connectivity index (χ1n) is 10.0. The Bertz CT molecular complexity index is 1020. The maximum absolute atomic E-state index is 13.4. The summed E-state index contributed by atoms with van der Waals surface area (Å²) in [6.45, 7) is 0.283. The van der Waals surface area contributed by atoms with Gasteiger partial charge in [-0.25, -0.2) is 0 Å². The summed E-state index contributed by atoms with van der Waals surface area (Å²) in [6.07, 6.45) is 0.512. The van der Waals surface area contributed by atoms with E-state index in [1.54, 1.807) is 30.1 Å². The fourth-order valence-electron chi connectivity index (χ4n) is 3.41. The predicted octanol–water partition coefficient (Wildman–Crippen LogP) is 4.92. The molecule has 2 amide bonds. The van der Waals surface area contributed by atoms with Crippen molar-refractivity contribution in [1.29, 1.82) is 0 Å². The number of nitrogens with one attached hydrogen (secondary N) is 1. The number of likely N-dealkylation sites (N-methyl/N-ethyl adjacent to an activating group) is 1. The highest BCUT2D eigenvalue weighted by atomic mass is 35.5. The van der Waals surface area contributed by atoms with Crippen LogP contribution in [0.2, 0.25) is 10.0 Å². The molecule has 0 aliphatic heterocycles. The molecule has 6 heteroatoms. The van der Waals surface area contributed by atoms with Crippen molar-refractivity contribution in [2.75, 3.05) is 7.05 Å². The lowest BCUT2D eigenvalue weighted by atomic mass is 10.0. The summed E-state index contributed by atoms with van der Waals surface area (Å²) in [5.41, 5.74) is 2.59. The SMILES string of the molecule is CNC(=O)[C@@H](Cc1ccccc1)N(Cc1ccc(Cl)cc1)C(=O)Cc1ccccc1Cl. The molecule has 0 unspecified atom stereocenters. The normalized spacial score (nSPS) is 11.6. The lowest BCUT2D eigenvalue weighted by Gasteiger charge is -2.31. The Morgan fingerprint density at radius 3 is 2.16 bits per heavy atom. The first-order valence-corrected chi connectivity index (χ1v) is 10.8. The zero-order chi connectivity index (χ0) is 22.2. The highest BCUT2D eigenvalue weighted by molar-refractivity contribution is 6.31. The number of carbonyl (C=O) groups is 2. The maximum Gasteiger partial charge on any atom is 0.242 e. The van der Waals surface area contributed by atoms with Gasteiger partial charge in [0.15, 0.2) is 0 Å². The van der Waals surface area contributed by atoms with Crippen LogP contribution in [0.25, 0.3) is 0 Å². The molecule has 3 rings (SSSR count). The molecule has 0 saturated heterocycles. The summed E-state index contributed by atoms with van der Waals surface area (Å²) < 4.78 is 0. The number of benzene rings is 3.